The zero-order valence-electron chi connectivity index (χ0n) is 28.9. The van der Waals surface area contributed by atoms with E-state index in [2.05, 4.69) is 174 Å². The normalized spacial score (nSPS) is 11.0. The first-order valence-electron chi connectivity index (χ1n) is 17.4. The van der Waals surface area contributed by atoms with Gasteiger partial charge in [0, 0.05) is 33.5 Å². The number of rotatable bonds is 12. The molecule has 0 N–H and O–H groups in total. The Hall–Kier alpha value is -6.78. The van der Waals surface area contributed by atoms with Crippen LogP contribution in [0.4, 0.5) is 17.1 Å². The Balaban J connectivity index is 1.07. The zero-order valence-corrected chi connectivity index (χ0v) is 28.9. The maximum absolute atomic E-state index is 6.26. The van der Waals surface area contributed by atoms with E-state index in [1.165, 1.54) is 5.39 Å². The van der Waals surface area contributed by atoms with Gasteiger partial charge in [-0.3, -0.25) is 0 Å². The van der Waals surface area contributed by atoms with Crippen LogP contribution >= 0.6 is 0 Å². The molecular weight excluding hydrogens is 637 g/mol. The molecule has 1 heterocycles. The Labute approximate surface area is 304 Å². The predicted octanol–water partition coefficient (Wildman–Crippen LogP) is 12.7. The lowest BCUT2D eigenvalue weighted by atomic mass is 10.1. The summed E-state index contributed by atoms with van der Waals surface area (Å²) in [7, 11) is 0. The Kier molecular flexibility index (Phi) is 9.10. The van der Waals surface area contributed by atoms with Gasteiger partial charge in [-0.25, -0.2) is 0 Å². The van der Waals surface area contributed by atoms with Gasteiger partial charge in [0.25, 0.3) is 0 Å². The fourth-order valence-electron chi connectivity index (χ4n) is 6.62. The largest absolute Gasteiger partial charge is 0.489 e. The molecule has 1 aromatic heterocycles. The number of nitrogens with zero attached hydrogens (tertiary/aromatic N) is 2. The van der Waals surface area contributed by atoms with Crippen LogP contribution in [0.3, 0.4) is 0 Å². The van der Waals surface area contributed by atoms with Crippen LogP contribution in [0, 0.1) is 0 Å². The molecule has 52 heavy (non-hydrogen) atoms. The molecule has 0 unspecified atom stereocenters. The lowest BCUT2D eigenvalue weighted by molar-refractivity contribution is 0.306. The van der Waals surface area contributed by atoms with Crippen LogP contribution < -0.4 is 14.4 Å². The van der Waals surface area contributed by atoms with E-state index < -0.39 is 0 Å². The van der Waals surface area contributed by atoms with Gasteiger partial charge in [-0.15, -0.1) is 0 Å². The Morgan fingerprint density at radius 3 is 1.58 bits per heavy atom. The summed E-state index contributed by atoms with van der Waals surface area (Å²) in [5, 5.41) is 2.34. The summed E-state index contributed by atoms with van der Waals surface area (Å²) >= 11 is 0. The summed E-state index contributed by atoms with van der Waals surface area (Å²) in [5.74, 6) is 1.66. The number of benzene rings is 7. The van der Waals surface area contributed by atoms with Crippen molar-refractivity contribution in [3.05, 3.63) is 205 Å². The van der Waals surface area contributed by atoms with E-state index in [-0.39, 0.29) is 0 Å². The van der Waals surface area contributed by atoms with Crippen molar-refractivity contribution in [2.45, 2.75) is 13.2 Å². The van der Waals surface area contributed by atoms with Gasteiger partial charge in [0.2, 0.25) is 0 Å². The van der Waals surface area contributed by atoms with Crippen LogP contribution in [0.5, 0.6) is 11.5 Å². The van der Waals surface area contributed by atoms with Crippen LogP contribution in [0.1, 0.15) is 22.3 Å². The second-order valence-corrected chi connectivity index (χ2v) is 12.7. The van der Waals surface area contributed by atoms with Crippen molar-refractivity contribution < 1.29 is 9.47 Å². The number of hydrogen-bond donors (Lipinski definition) is 0. The molecule has 8 aromatic rings. The first-order chi connectivity index (χ1) is 25.7. The molecule has 4 nitrogen and oxygen atoms in total. The van der Waals surface area contributed by atoms with Crippen molar-refractivity contribution in [1.82, 2.24) is 4.57 Å². The minimum Gasteiger partial charge on any atom is -0.489 e. The standard InChI is InChI=1S/C48H38N2O2/c1-3-35-14-18-37(19-15-35)33-51-43-28-26-41(27-29-43)49(39-10-6-5-7-11-39)40-22-24-42(25-23-40)50-47-13-9-8-12-45(47)46-32-44(30-31-48(46)50)52-34-38-20-16-36(4-2)17-21-38/h3-32H,1-2,33-34H2. The maximum atomic E-state index is 6.26. The van der Waals surface area contributed by atoms with Gasteiger partial charge in [0.15, 0.2) is 0 Å². The van der Waals surface area contributed by atoms with E-state index in [1.807, 2.05) is 30.4 Å². The van der Waals surface area contributed by atoms with Crippen molar-refractivity contribution >= 4 is 51.0 Å². The topological polar surface area (TPSA) is 26.6 Å². The summed E-state index contributed by atoms with van der Waals surface area (Å²) in [6.45, 7) is 8.69. The second kappa shape index (κ2) is 14.6. The van der Waals surface area contributed by atoms with Crippen molar-refractivity contribution in [1.29, 1.82) is 0 Å². The minimum absolute atomic E-state index is 0.501. The average Bonchev–Trinajstić information content (AvgIpc) is 3.54. The van der Waals surface area contributed by atoms with Gasteiger partial charge in [-0.05, 0) is 107 Å². The van der Waals surface area contributed by atoms with Gasteiger partial charge in [0.05, 0.1) is 11.0 Å². The molecule has 0 radical (unpaired) electrons. The molecule has 8 rings (SSSR count). The molecule has 0 amide bonds. The van der Waals surface area contributed by atoms with Gasteiger partial charge in [0.1, 0.15) is 24.7 Å². The monoisotopic (exact) mass is 674 g/mol. The summed E-state index contributed by atoms with van der Waals surface area (Å²) in [6, 6.07) is 59.0. The van der Waals surface area contributed by atoms with E-state index in [9.17, 15) is 0 Å². The third kappa shape index (κ3) is 6.70. The van der Waals surface area contributed by atoms with Crippen LogP contribution in [0.2, 0.25) is 0 Å². The van der Waals surface area contributed by atoms with Crippen molar-refractivity contribution in [2.24, 2.45) is 0 Å². The van der Waals surface area contributed by atoms with Gasteiger partial charge in [-0.2, -0.15) is 0 Å². The first-order valence-corrected chi connectivity index (χ1v) is 17.4. The molecule has 0 saturated heterocycles. The molecular formula is C48H38N2O2. The highest BCUT2D eigenvalue weighted by Gasteiger charge is 2.16. The second-order valence-electron chi connectivity index (χ2n) is 12.7. The van der Waals surface area contributed by atoms with Crippen LogP contribution in [0.15, 0.2) is 183 Å². The van der Waals surface area contributed by atoms with Gasteiger partial charge in [-0.1, -0.05) is 110 Å². The number of anilines is 3. The fourth-order valence-corrected chi connectivity index (χ4v) is 6.62. The lowest BCUT2D eigenvalue weighted by Gasteiger charge is -2.26. The lowest BCUT2D eigenvalue weighted by Crippen LogP contribution is -2.10. The van der Waals surface area contributed by atoms with E-state index in [1.54, 1.807) is 0 Å². The van der Waals surface area contributed by atoms with Gasteiger partial charge < -0.3 is 18.9 Å². The molecule has 0 atom stereocenters. The Morgan fingerprint density at radius 2 is 0.962 bits per heavy atom. The average molecular weight is 675 g/mol. The van der Waals surface area contributed by atoms with E-state index >= 15 is 0 Å². The quantitative estimate of drug-likeness (QED) is 0.129. The first kappa shape index (κ1) is 32.4. The number of fused-ring (bicyclic) bond motifs is 3. The summed E-state index contributed by atoms with van der Waals surface area (Å²) in [5.41, 5.74) is 11.0. The molecule has 252 valence electrons. The summed E-state index contributed by atoms with van der Waals surface area (Å²) in [6.07, 6.45) is 3.70. The molecule has 0 aliphatic carbocycles. The number of hydrogen-bond acceptors (Lipinski definition) is 3. The van der Waals surface area contributed by atoms with Crippen LogP contribution in [0.25, 0.3) is 39.6 Å². The van der Waals surface area contributed by atoms with Crippen molar-refractivity contribution in [3.63, 3.8) is 0 Å². The summed E-state index contributed by atoms with van der Waals surface area (Å²) < 4.78 is 14.7. The molecule has 0 spiro atoms. The molecule has 4 heteroatoms. The van der Waals surface area contributed by atoms with Crippen molar-refractivity contribution in [3.8, 4) is 17.2 Å². The van der Waals surface area contributed by atoms with Crippen LogP contribution in [-0.4, -0.2) is 4.57 Å². The molecule has 0 saturated carbocycles. The highest BCUT2D eigenvalue weighted by Crippen LogP contribution is 2.38. The Bertz CT molecular complexity index is 2460. The van der Waals surface area contributed by atoms with E-state index in [0.717, 1.165) is 72.9 Å². The smallest absolute Gasteiger partial charge is 0.120 e. The minimum atomic E-state index is 0.501. The van der Waals surface area contributed by atoms with E-state index in [0.29, 0.717) is 13.2 Å². The number of para-hydroxylation sites is 2. The fraction of sp³-hybridized carbons (Fsp3) is 0.0417. The third-order valence-corrected chi connectivity index (χ3v) is 9.36. The molecule has 7 aromatic carbocycles. The number of ether oxygens (including phenoxy) is 2. The van der Waals surface area contributed by atoms with Gasteiger partial charge >= 0.3 is 0 Å². The SMILES string of the molecule is C=Cc1ccc(COc2ccc(N(c3ccccc3)c3ccc(-n4c5ccccc5c5cc(OCc6ccc(C=C)cc6)ccc54)cc3)cc2)cc1. The van der Waals surface area contributed by atoms with E-state index in [4.69, 9.17) is 9.47 Å². The third-order valence-electron chi connectivity index (χ3n) is 9.36. The summed E-state index contributed by atoms with van der Waals surface area (Å²) in [4.78, 5) is 2.27. The Morgan fingerprint density at radius 1 is 0.462 bits per heavy atom. The molecule has 0 fully saturated rings. The molecule has 0 bridgehead atoms. The molecule has 0 aliphatic rings. The maximum Gasteiger partial charge on any atom is 0.120 e. The highest BCUT2D eigenvalue weighted by atomic mass is 16.5. The predicted molar refractivity (Wildman–Crippen MR) is 217 cm³/mol. The van der Waals surface area contributed by atoms with Crippen LogP contribution in [-0.2, 0) is 13.2 Å². The molecule has 0 aliphatic heterocycles. The highest BCUT2D eigenvalue weighted by molar-refractivity contribution is 6.09. The number of aromatic nitrogens is 1. The zero-order chi connectivity index (χ0) is 35.3. The van der Waals surface area contributed by atoms with Crippen molar-refractivity contribution in [2.75, 3.05) is 4.90 Å².